The molecule has 0 saturated heterocycles. The summed E-state index contributed by atoms with van der Waals surface area (Å²) >= 11 is 0. The highest BCUT2D eigenvalue weighted by atomic mass is 19.1. The molecular formula is C19H17FN2O4. The highest BCUT2D eigenvalue weighted by Crippen LogP contribution is 2.33. The number of esters is 1. The van der Waals surface area contributed by atoms with Crippen LogP contribution >= 0.6 is 0 Å². The zero-order chi connectivity index (χ0) is 18.7. The van der Waals surface area contributed by atoms with E-state index in [0.29, 0.717) is 16.8 Å². The van der Waals surface area contributed by atoms with Gasteiger partial charge in [0.2, 0.25) is 11.8 Å². The van der Waals surface area contributed by atoms with Crippen LogP contribution in [0.2, 0.25) is 0 Å². The first-order valence-corrected chi connectivity index (χ1v) is 8.03. The summed E-state index contributed by atoms with van der Waals surface area (Å²) in [7, 11) is 1.48. The topological polar surface area (TPSA) is 75.7 Å². The summed E-state index contributed by atoms with van der Waals surface area (Å²) in [5, 5.41) is 2.53. The number of cyclic esters (lactones) is 1. The van der Waals surface area contributed by atoms with Crippen LogP contribution < -0.4 is 5.32 Å². The van der Waals surface area contributed by atoms with Crippen LogP contribution in [0.3, 0.4) is 0 Å². The van der Waals surface area contributed by atoms with Crippen molar-refractivity contribution in [2.24, 2.45) is 0 Å². The molecule has 0 aliphatic carbocycles. The molecular weight excluding hydrogens is 339 g/mol. The van der Waals surface area contributed by atoms with E-state index in [1.54, 1.807) is 30.3 Å². The van der Waals surface area contributed by atoms with Crippen molar-refractivity contribution >= 4 is 23.5 Å². The molecule has 134 valence electrons. The summed E-state index contributed by atoms with van der Waals surface area (Å²) in [6.45, 7) is -0.197. The zero-order valence-electron chi connectivity index (χ0n) is 14.1. The first kappa shape index (κ1) is 17.6. The molecule has 2 aromatic rings. The lowest BCUT2D eigenvalue weighted by atomic mass is 10.0. The van der Waals surface area contributed by atoms with Gasteiger partial charge in [-0.3, -0.25) is 9.59 Å². The molecule has 26 heavy (non-hydrogen) atoms. The van der Waals surface area contributed by atoms with E-state index in [2.05, 4.69) is 5.32 Å². The van der Waals surface area contributed by atoms with Gasteiger partial charge in [0, 0.05) is 18.3 Å². The average Bonchev–Trinajstić information content (AvgIpc) is 2.91. The Hall–Kier alpha value is -3.22. The Morgan fingerprint density at radius 2 is 1.96 bits per heavy atom. The van der Waals surface area contributed by atoms with Crippen LogP contribution in [0.5, 0.6) is 0 Å². The summed E-state index contributed by atoms with van der Waals surface area (Å²) < 4.78 is 18.4. The number of nitrogens with zero attached hydrogens (tertiary/aromatic N) is 1. The maximum atomic E-state index is 13.1. The third-order valence-electron chi connectivity index (χ3n) is 4.05. The number of anilines is 1. The fraction of sp³-hybridized carbons (Fsp3) is 0.211. The van der Waals surface area contributed by atoms with Crippen molar-refractivity contribution in [3.63, 3.8) is 0 Å². The lowest BCUT2D eigenvalue weighted by Gasteiger charge is -2.19. The second kappa shape index (κ2) is 7.35. The van der Waals surface area contributed by atoms with Gasteiger partial charge in [0.25, 0.3) is 0 Å². The van der Waals surface area contributed by atoms with Gasteiger partial charge in [0.05, 0.1) is 18.5 Å². The molecule has 0 saturated carbocycles. The van der Waals surface area contributed by atoms with Crippen LogP contribution in [-0.4, -0.2) is 36.3 Å². The summed E-state index contributed by atoms with van der Waals surface area (Å²) in [4.78, 5) is 37.4. The second-order valence-electron chi connectivity index (χ2n) is 5.99. The summed E-state index contributed by atoms with van der Waals surface area (Å²) in [5.41, 5.74) is 1.44. The number of hydrogen-bond donors (Lipinski definition) is 1. The largest absolute Gasteiger partial charge is 0.453 e. The minimum Gasteiger partial charge on any atom is -0.453 e. The van der Waals surface area contributed by atoms with Crippen molar-refractivity contribution in [3.8, 4) is 0 Å². The predicted molar refractivity (Wildman–Crippen MR) is 91.9 cm³/mol. The number of rotatable bonds is 5. The molecule has 1 unspecified atom stereocenters. The second-order valence-corrected chi connectivity index (χ2v) is 5.99. The number of ether oxygens (including phenoxy) is 1. The molecule has 6 nitrogen and oxygen atoms in total. The smallest absolute Gasteiger partial charge is 0.339 e. The molecule has 0 fully saturated rings. The Morgan fingerprint density at radius 3 is 2.73 bits per heavy atom. The van der Waals surface area contributed by atoms with E-state index < -0.39 is 23.8 Å². The summed E-state index contributed by atoms with van der Waals surface area (Å²) in [6, 6.07) is 12.4. The summed E-state index contributed by atoms with van der Waals surface area (Å²) in [5.74, 6) is -1.71. The number of benzene rings is 2. The standard InChI is InChI=1S/C19H17FN2O4/c1-22(11-17(23)21-13-6-4-5-12(20)9-13)18(24)10-16-14-7-2-3-8-15(14)19(25)26-16/h2-9,16H,10-11H2,1H3,(H,21,23). The Labute approximate surface area is 149 Å². The van der Waals surface area contributed by atoms with Crippen molar-refractivity contribution in [1.29, 1.82) is 0 Å². The highest BCUT2D eigenvalue weighted by molar-refractivity contribution is 5.96. The molecule has 2 amide bonds. The van der Waals surface area contributed by atoms with E-state index in [0.717, 1.165) is 0 Å². The number of nitrogens with one attached hydrogen (secondary N) is 1. The molecule has 7 heteroatoms. The van der Waals surface area contributed by atoms with E-state index in [-0.39, 0.29) is 18.9 Å². The maximum absolute atomic E-state index is 13.1. The Kier molecular flexibility index (Phi) is 4.97. The minimum atomic E-state index is -0.653. The van der Waals surface area contributed by atoms with Gasteiger partial charge in [-0.2, -0.15) is 0 Å². The van der Waals surface area contributed by atoms with Crippen molar-refractivity contribution in [3.05, 3.63) is 65.5 Å². The van der Waals surface area contributed by atoms with E-state index in [1.165, 1.54) is 30.1 Å². The lowest BCUT2D eigenvalue weighted by molar-refractivity contribution is -0.135. The van der Waals surface area contributed by atoms with Crippen LogP contribution in [0.4, 0.5) is 10.1 Å². The van der Waals surface area contributed by atoms with Crippen LogP contribution in [0.1, 0.15) is 28.4 Å². The molecule has 1 heterocycles. The monoisotopic (exact) mass is 356 g/mol. The van der Waals surface area contributed by atoms with Gasteiger partial charge in [0.15, 0.2) is 0 Å². The van der Waals surface area contributed by atoms with Crippen molar-refractivity contribution in [2.45, 2.75) is 12.5 Å². The predicted octanol–water partition coefficient (Wildman–Crippen LogP) is 2.52. The Bertz CT molecular complexity index is 868. The number of hydrogen-bond acceptors (Lipinski definition) is 4. The number of carbonyl (C=O) groups is 3. The molecule has 1 aliphatic heterocycles. The normalized spacial score (nSPS) is 15.2. The van der Waals surface area contributed by atoms with Gasteiger partial charge in [-0.25, -0.2) is 9.18 Å². The van der Waals surface area contributed by atoms with Crippen LogP contribution in [0, 0.1) is 5.82 Å². The molecule has 1 N–H and O–H groups in total. The zero-order valence-corrected chi connectivity index (χ0v) is 14.1. The fourth-order valence-corrected chi connectivity index (χ4v) is 2.76. The number of likely N-dealkylation sites (N-methyl/N-ethyl adjacent to an activating group) is 1. The Balaban J connectivity index is 1.57. The van der Waals surface area contributed by atoms with E-state index in [9.17, 15) is 18.8 Å². The SMILES string of the molecule is CN(CC(=O)Nc1cccc(F)c1)C(=O)CC1OC(=O)c2ccccc21. The lowest BCUT2D eigenvalue weighted by Crippen LogP contribution is -2.35. The van der Waals surface area contributed by atoms with Gasteiger partial charge in [-0.05, 0) is 24.3 Å². The van der Waals surface area contributed by atoms with Gasteiger partial charge in [-0.1, -0.05) is 24.3 Å². The quantitative estimate of drug-likeness (QED) is 0.836. The van der Waals surface area contributed by atoms with E-state index in [1.807, 2.05) is 0 Å². The minimum absolute atomic E-state index is 0.0491. The summed E-state index contributed by atoms with van der Waals surface area (Å²) in [6.07, 6.45) is -0.702. The Morgan fingerprint density at radius 1 is 1.19 bits per heavy atom. The first-order chi connectivity index (χ1) is 12.4. The van der Waals surface area contributed by atoms with Gasteiger partial charge in [0.1, 0.15) is 11.9 Å². The van der Waals surface area contributed by atoms with Gasteiger partial charge < -0.3 is 15.0 Å². The third-order valence-corrected chi connectivity index (χ3v) is 4.05. The number of halogens is 1. The molecule has 1 atom stereocenters. The first-order valence-electron chi connectivity index (χ1n) is 8.03. The molecule has 3 rings (SSSR count). The van der Waals surface area contributed by atoms with Crippen molar-refractivity contribution in [1.82, 2.24) is 4.90 Å². The number of amides is 2. The van der Waals surface area contributed by atoms with Crippen molar-refractivity contribution in [2.75, 3.05) is 18.9 Å². The molecule has 0 radical (unpaired) electrons. The maximum Gasteiger partial charge on any atom is 0.339 e. The van der Waals surface area contributed by atoms with Crippen LogP contribution in [0.25, 0.3) is 0 Å². The van der Waals surface area contributed by atoms with Crippen molar-refractivity contribution < 1.29 is 23.5 Å². The van der Waals surface area contributed by atoms with Crippen LogP contribution in [-0.2, 0) is 14.3 Å². The molecule has 0 aromatic heterocycles. The van der Waals surface area contributed by atoms with Gasteiger partial charge in [-0.15, -0.1) is 0 Å². The van der Waals surface area contributed by atoms with Gasteiger partial charge >= 0.3 is 5.97 Å². The molecule has 0 spiro atoms. The fourth-order valence-electron chi connectivity index (χ4n) is 2.76. The number of carbonyl (C=O) groups excluding carboxylic acids is 3. The van der Waals surface area contributed by atoms with Crippen LogP contribution in [0.15, 0.2) is 48.5 Å². The average molecular weight is 356 g/mol. The number of fused-ring (bicyclic) bond motifs is 1. The molecule has 1 aliphatic rings. The highest BCUT2D eigenvalue weighted by Gasteiger charge is 2.32. The molecule has 0 bridgehead atoms. The van der Waals surface area contributed by atoms with E-state index >= 15 is 0 Å². The third kappa shape index (κ3) is 3.88. The molecule has 2 aromatic carbocycles. The van der Waals surface area contributed by atoms with E-state index in [4.69, 9.17) is 4.74 Å².